The smallest absolute Gasteiger partial charge is 0.275 e. The number of benzene rings is 1. The number of amides is 1. The molecule has 0 saturated carbocycles. The highest BCUT2D eigenvalue weighted by atomic mass is 32.1. The third-order valence-corrected chi connectivity index (χ3v) is 4.86. The highest BCUT2D eigenvalue weighted by molar-refractivity contribution is 7.10. The summed E-state index contributed by atoms with van der Waals surface area (Å²) in [5.74, 6) is 0.0873. The zero-order valence-electron chi connectivity index (χ0n) is 13.5. The molecular weight excluding hydrogens is 292 g/mol. The standard InChI is InChI=1S/C18H24N2OS/c1-4-18(2,3)20-16(21)13-19-17(15-11-8-12-22-15)14-9-6-5-7-10-14/h5-12,17,19H,4,13H2,1-3H3,(H,20,21)/p+1/t17-/m0/s1. The molecule has 1 aromatic heterocycles. The number of hydrogen-bond acceptors (Lipinski definition) is 2. The topological polar surface area (TPSA) is 45.7 Å². The predicted molar refractivity (Wildman–Crippen MR) is 91.9 cm³/mol. The van der Waals surface area contributed by atoms with Gasteiger partial charge in [-0.1, -0.05) is 43.3 Å². The Morgan fingerprint density at radius 2 is 1.95 bits per heavy atom. The Balaban J connectivity index is 2.04. The van der Waals surface area contributed by atoms with Crippen molar-refractivity contribution in [1.29, 1.82) is 0 Å². The van der Waals surface area contributed by atoms with Crippen LogP contribution in [-0.4, -0.2) is 18.0 Å². The zero-order chi connectivity index (χ0) is 16.0. The molecule has 4 heteroatoms. The van der Waals surface area contributed by atoms with Crippen LogP contribution in [0.25, 0.3) is 0 Å². The molecule has 1 heterocycles. The molecule has 0 saturated heterocycles. The second-order valence-electron chi connectivity index (χ2n) is 6.13. The molecule has 118 valence electrons. The van der Waals surface area contributed by atoms with E-state index in [-0.39, 0.29) is 17.5 Å². The second-order valence-corrected chi connectivity index (χ2v) is 7.11. The largest absolute Gasteiger partial charge is 0.346 e. The van der Waals surface area contributed by atoms with Gasteiger partial charge in [-0.3, -0.25) is 4.79 Å². The molecule has 22 heavy (non-hydrogen) atoms. The first-order valence-corrected chi connectivity index (χ1v) is 8.62. The highest BCUT2D eigenvalue weighted by Gasteiger charge is 2.22. The molecule has 0 radical (unpaired) electrons. The Morgan fingerprint density at radius 3 is 2.55 bits per heavy atom. The summed E-state index contributed by atoms with van der Waals surface area (Å²) in [5, 5.41) is 7.29. The molecule has 3 N–H and O–H groups in total. The van der Waals surface area contributed by atoms with Crippen molar-refractivity contribution in [3.8, 4) is 0 Å². The van der Waals surface area contributed by atoms with Crippen LogP contribution in [0.5, 0.6) is 0 Å². The molecule has 0 fully saturated rings. The van der Waals surface area contributed by atoms with Crippen molar-refractivity contribution in [2.24, 2.45) is 0 Å². The summed E-state index contributed by atoms with van der Waals surface area (Å²) in [7, 11) is 0. The Bertz CT molecular complexity index is 578. The number of rotatable bonds is 7. The van der Waals surface area contributed by atoms with Crippen LogP contribution in [0, 0.1) is 0 Å². The van der Waals surface area contributed by atoms with E-state index >= 15 is 0 Å². The fourth-order valence-corrected chi connectivity index (χ4v) is 3.14. The van der Waals surface area contributed by atoms with Crippen LogP contribution in [0.4, 0.5) is 0 Å². The molecule has 0 aliphatic rings. The van der Waals surface area contributed by atoms with Gasteiger partial charge in [0.25, 0.3) is 5.91 Å². The van der Waals surface area contributed by atoms with Crippen LogP contribution in [0.3, 0.4) is 0 Å². The number of carbonyl (C=O) groups is 1. The van der Waals surface area contributed by atoms with Crippen LogP contribution in [0.2, 0.25) is 0 Å². The van der Waals surface area contributed by atoms with Gasteiger partial charge in [-0.2, -0.15) is 0 Å². The lowest BCUT2D eigenvalue weighted by Gasteiger charge is -2.24. The molecular formula is C18H25N2OS+. The number of carbonyl (C=O) groups excluding carboxylic acids is 1. The third kappa shape index (κ3) is 4.68. The van der Waals surface area contributed by atoms with Crippen molar-refractivity contribution in [3.05, 3.63) is 58.3 Å². The van der Waals surface area contributed by atoms with E-state index in [9.17, 15) is 4.79 Å². The first-order valence-electron chi connectivity index (χ1n) is 7.74. The summed E-state index contributed by atoms with van der Waals surface area (Å²) < 4.78 is 0. The fraction of sp³-hybridized carbons (Fsp3) is 0.389. The Hall–Kier alpha value is -1.65. The molecule has 1 aromatic carbocycles. The second kappa shape index (κ2) is 7.56. The monoisotopic (exact) mass is 317 g/mol. The van der Waals surface area contributed by atoms with E-state index in [0.29, 0.717) is 6.54 Å². The predicted octanol–water partition coefficient (Wildman–Crippen LogP) is 2.71. The number of nitrogens with one attached hydrogen (secondary N) is 1. The minimum absolute atomic E-state index is 0.0873. The molecule has 0 bridgehead atoms. The van der Waals surface area contributed by atoms with Gasteiger partial charge < -0.3 is 10.6 Å². The minimum atomic E-state index is -0.143. The van der Waals surface area contributed by atoms with E-state index in [1.165, 1.54) is 10.4 Å². The average Bonchev–Trinajstić information content (AvgIpc) is 3.02. The summed E-state index contributed by atoms with van der Waals surface area (Å²) in [6.45, 7) is 6.63. The summed E-state index contributed by atoms with van der Waals surface area (Å²) >= 11 is 1.73. The Morgan fingerprint density at radius 1 is 1.23 bits per heavy atom. The van der Waals surface area contributed by atoms with Gasteiger partial charge in [0, 0.05) is 11.1 Å². The maximum absolute atomic E-state index is 12.2. The first kappa shape index (κ1) is 16.7. The minimum Gasteiger partial charge on any atom is -0.346 e. The maximum atomic E-state index is 12.2. The normalized spacial score (nSPS) is 12.9. The molecule has 2 aromatic rings. The number of nitrogens with two attached hydrogens (primary N) is 1. The average molecular weight is 317 g/mol. The molecule has 0 unspecified atom stereocenters. The van der Waals surface area contributed by atoms with E-state index in [2.05, 4.69) is 61.1 Å². The lowest BCUT2D eigenvalue weighted by Crippen LogP contribution is -2.88. The number of thiophene rings is 1. The zero-order valence-corrected chi connectivity index (χ0v) is 14.3. The van der Waals surface area contributed by atoms with Gasteiger partial charge in [0.1, 0.15) is 6.04 Å². The lowest BCUT2D eigenvalue weighted by atomic mass is 10.0. The highest BCUT2D eigenvalue weighted by Crippen LogP contribution is 2.22. The van der Waals surface area contributed by atoms with Gasteiger partial charge >= 0.3 is 0 Å². The fourth-order valence-electron chi connectivity index (χ4n) is 2.29. The summed E-state index contributed by atoms with van der Waals surface area (Å²) in [6.07, 6.45) is 0.922. The molecule has 0 aliphatic carbocycles. The van der Waals surface area contributed by atoms with Gasteiger partial charge in [-0.05, 0) is 31.7 Å². The number of quaternary nitrogens is 1. The van der Waals surface area contributed by atoms with Crippen LogP contribution >= 0.6 is 11.3 Å². The van der Waals surface area contributed by atoms with Gasteiger partial charge in [-0.25, -0.2) is 0 Å². The van der Waals surface area contributed by atoms with Gasteiger partial charge in [0.2, 0.25) is 0 Å². The van der Waals surface area contributed by atoms with Gasteiger partial charge in [0.05, 0.1) is 4.88 Å². The molecule has 0 aliphatic heterocycles. The lowest BCUT2D eigenvalue weighted by molar-refractivity contribution is -0.676. The maximum Gasteiger partial charge on any atom is 0.275 e. The Labute approximate surface area is 136 Å². The summed E-state index contributed by atoms with van der Waals surface area (Å²) in [5.41, 5.74) is 1.09. The molecule has 1 atom stereocenters. The molecule has 1 amide bonds. The van der Waals surface area contributed by atoms with Crippen LogP contribution < -0.4 is 10.6 Å². The third-order valence-electron chi connectivity index (χ3n) is 3.91. The van der Waals surface area contributed by atoms with Crippen molar-refractivity contribution in [3.63, 3.8) is 0 Å². The van der Waals surface area contributed by atoms with E-state index < -0.39 is 0 Å². The van der Waals surface area contributed by atoms with Gasteiger partial charge in [0.15, 0.2) is 6.54 Å². The first-order chi connectivity index (χ1) is 10.5. The van der Waals surface area contributed by atoms with Gasteiger partial charge in [-0.15, -0.1) is 11.3 Å². The van der Waals surface area contributed by atoms with Crippen molar-refractivity contribution in [1.82, 2.24) is 5.32 Å². The number of hydrogen-bond donors (Lipinski definition) is 2. The van der Waals surface area contributed by atoms with Crippen molar-refractivity contribution in [2.45, 2.75) is 38.8 Å². The van der Waals surface area contributed by atoms with E-state index in [4.69, 9.17) is 0 Å². The SMILES string of the molecule is CCC(C)(C)NC(=O)C[NH2+][C@@H](c1ccccc1)c1cccs1. The van der Waals surface area contributed by atoms with Crippen LogP contribution in [-0.2, 0) is 4.79 Å². The van der Waals surface area contributed by atoms with Crippen LogP contribution in [0.1, 0.15) is 43.7 Å². The van der Waals surface area contributed by atoms with Crippen molar-refractivity contribution in [2.75, 3.05) is 6.54 Å². The summed E-state index contributed by atoms with van der Waals surface area (Å²) in [6, 6.07) is 14.7. The molecule has 2 rings (SSSR count). The molecule has 3 nitrogen and oxygen atoms in total. The van der Waals surface area contributed by atoms with Crippen LogP contribution in [0.15, 0.2) is 47.8 Å². The quantitative estimate of drug-likeness (QED) is 0.810. The van der Waals surface area contributed by atoms with Crippen molar-refractivity contribution >= 4 is 17.2 Å². The molecule has 0 spiro atoms. The Kier molecular flexibility index (Phi) is 5.75. The van der Waals surface area contributed by atoms with E-state index in [1.807, 2.05) is 18.2 Å². The van der Waals surface area contributed by atoms with E-state index in [0.717, 1.165) is 6.42 Å². The van der Waals surface area contributed by atoms with E-state index in [1.54, 1.807) is 11.3 Å². The van der Waals surface area contributed by atoms with Crippen molar-refractivity contribution < 1.29 is 10.1 Å². The summed E-state index contributed by atoms with van der Waals surface area (Å²) in [4.78, 5) is 13.5.